The molecule has 0 radical (unpaired) electrons. The van der Waals surface area contributed by atoms with Crippen LogP contribution in [0.1, 0.15) is 145 Å². The zero-order valence-electron chi connectivity index (χ0n) is 33.4. The van der Waals surface area contributed by atoms with Crippen LogP contribution in [0.4, 0.5) is 4.79 Å². The number of fused-ring (bicyclic) bond motifs is 7. The molecule has 3 N–H and O–H groups in total. The molecule has 8 nitrogen and oxygen atoms in total. The molecule has 4 saturated carbocycles. The number of rotatable bonds is 8. The molecular formula is C44H64N2O6. The van der Waals surface area contributed by atoms with Crippen molar-refractivity contribution in [2.45, 2.75) is 151 Å². The smallest absolute Gasteiger partial charge is 0.315 e. The molecule has 0 spiro atoms. The van der Waals surface area contributed by atoms with Crippen molar-refractivity contribution in [3.8, 4) is 0 Å². The first-order valence-corrected chi connectivity index (χ1v) is 20.0. The number of hydrogen-bond donors (Lipinski definition) is 3. The third kappa shape index (κ3) is 5.93. The highest BCUT2D eigenvalue weighted by molar-refractivity contribution is 6.02. The lowest BCUT2D eigenvalue weighted by molar-refractivity contribution is -0.232. The summed E-state index contributed by atoms with van der Waals surface area (Å²) < 4.78 is 6.16. The van der Waals surface area contributed by atoms with Gasteiger partial charge in [0.1, 0.15) is 6.10 Å². The van der Waals surface area contributed by atoms with Crippen molar-refractivity contribution >= 4 is 23.8 Å². The van der Waals surface area contributed by atoms with E-state index < -0.39 is 22.9 Å². The second-order valence-corrected chi connectivity index (χ2v) is 19.7. The highest BCUT2D eigenvalue weighted by atomic mass is 16.5. The average molecular weight is 717 g/mol. The number of ether oxygens (including phenoxy) is 1. The zero-order chi connectivity index (χ0) is 38.2. The molecule has 5 aliphatic carbocycles. The van der Waals surface area contributed by atoms with Crippen LogP contribution in [0.15, 0.2) is 41.5 Å². The summed E-state index contributed by atoms with van der Waals surface area (Å²) >= 11 is 0. The first-order valence-electron chi connectivity index (χ1n) is 20.0. The third-order valence-electron chi connectivity index (χ3n) is 15.8. The van der Waals surface area contributed by atoms with Gasteiger partial charge in [-0.3, -0.25) is 14.4 Å². The molecule has 3 unspecified atom stereocenters. The van der Waals surface area contributed by atoms with E-state index in [0.717, 1.165) is 62.5 Å². The summed E-state index contributed by atoms with van der Waals surface area (Å²) in [6.45, 7) is 21.5. The van der Waals surface area contributed by atoms with Crippen LogP contribution in [-0.4, -0.2) is 40.5 Å². The van der Waals surface area contributed by atoms with Gasteiger partial charge >= 0.3 is 18.0 Å². The van der Waals surface area contributed by atoms with Gasteiger partial charge in [-0.05, 0) is 129 Å². The van der Waals surface area contributed by atoms with Crippen LogP contribution < -0.4 is 10.6 Å². The summed E-state index contributed by atoms with van der Waals surface area (Å²) in [7, 11) is 0. The normalized spacial score (nSPS) is 37.2. The third-order valence-corrected chi connectivity index (χ3v) is 15.8. The molecule has 9 atom stereocenters. The molecule has 5 aliphatic rings. The number of carboxylic acids is 1. The Labute approximate surface area is 311 Å². The number of carbonyl (C=O) groups is 4. The average Bonchev–Trinajstić information content (AvgIpc) is 3.34. The van der Waals surface area contributed by atoms with Gasteiger partial charge in [0.15, 0.2) is 5.78 Å². The van der Waals surface area contributed by atoms with Crippen LogP contribution in [0.3, 0.4) is 0 Å². The Morgan fingerprint density at radius 3 is 2.19 bits per heavy atom. The van der Waals surface area contributed by atoms with E-state index in [4.69, 9.17) is 4.74 Å². The van der Waals surface area contributed by atoms with Crippen LogP contribution in [0.25, 0.3) is 0 Å². The number of allylic oxidation sites excluding steroid dienone is 1. The number of urea groups is 1. The fourth-order valence-corrected chi connectivity index (χ4v) is 12.9. The van der Waals surface area contributed by atoms with E-state index in [9.17, 15) is 24.3 Å². The van der Waals surface area contributed by atoms with E-state index in [2.05, 4.69) is 59.1 Å². The minimum Gasteiger partial charge on any atom is -0.481 e. The maximum absolute atomic E-state index is 14.0. The van der Waals surface area contributed by atoms with Gasteiger partial charge in [-0.1, -0.05) is 78.8 Å². The maximum atomic E-state index is 14.0. The summed E-state index contributed by atoms with van der Waals surface area (Å²) in [6.07, 6.45) is 7.54. The Kier molecular flexibility index (Phi) is 9.64. The van der Waals surface area contributed by atoms with Crippen molar-refractivity contribution in [2.24, 2.45) is 50.7 Å². The van der Waals surface area contributed by atoms with Crippen molar-refractivity contribution in [3.05, 3.63) is 47.0 Å². The summed E-state index contributed by atoms with van der Waals surface area (Å²) in [6, 6.07) is 9.61. The van der Waals surface area contributed by atoms with Gasteiger partial charge in [-0.15, -0.1) is 0 Å². The molecule has 6 rings (SSSR count). The molecule has 1 aromatic carbocycles. The zero-order valence-corrected chi connectivity index (χ0v) is 33.4. The quantitative estimate of drug-likeness (QED) is 0.231. The van der Waals surface area contributed by atoms with Crippen LogP contribution >= 0.6 is 0 Å². The summed E-state index contributed by atoms with van der Waals surface area (Å²) in [5.41, 5.74) is 1.16. The standard InChI is InChI=1S/C44H64N2O6/c1-26(2)35-30(47)24-44(46-38(51)45-27(3)28-14-12-11-13-15-28)23-22-42(9)29(36(35)44)16-17-32-41(8)20-19-33(52-34(48)25-39(4,5)37(49)50)40(6,7)31(41)18-21-43(32,42)10/h11-15,26-27,29,31-33H,16-25H2,1-10H3,(H,49,50)(H2,45,46,51)/t27-,29?,31?,32?,33-,41-,42+,43+,44+/m0/s1. The number of nitrogens with one attached hydrogen (secondary N) is 2. The predicted molar refractivity (Wildman–Crippen MR) is 202 cm³/mol. The number of hydrogen-bond acceptors (Lipinski definition) is 5. The Hall–Kier alpha value is -3.16. The molecule has 1 aromatic rings. The molecule has 0 aliphatic heterocycles. The minimum absolute atomic E-state index is 0.0310. The van der Waals surface area contributed by atoms with E-state index >= 15 is 0 Å². The SMILES string of the molecule is CC(C)C1=C2C3CCC4[C@@]5(C)CC[C@H](OC(=O)CC(C)(C)C(=O)O)C(C)(C)C5CC[C@@]4(C)[C@]3(C)CC[C@@]2(NC(=O)N[C@@H](C)c2ccccc2)CC1=O. The number of esters is 1. The summed E-state index contributed by atoms with van der Waals surface area (Å²) in [5.74, 6) is -0.112. The monoisotopic (exact) mass is 716 g/mol. The van der Waals surface area contributed by atoms with Crippen LogP contribution in [0.2, 0.25) is 0 Å². The van der Waals surface area contributed by atoms with Crippen molar-refractivity contribution in [2.75, 3.05) is 0 Å². The number of Topliss-reactive ketones (excluding diaryl/α,β-unsaturated/α-hetero) is 1. The Bertz CT molecular complexity index is 1650. The number of amides is 2. The minimum atomic E-state index is -1.17. The van der Waals surface area contributed by atoms with Crippen LogP contribution in [-0.2, 0) is 19.1 Å². The molecule has 286 valence electrons. The lowest BCUT2D eigenvalue weighted by Gasteiger charge is -2.72. The summed E-state index contributed by atoms with van der Waals surface area (Å²) in [4.78, 5) is 52.6. The van der Waals surface area contributed by atoms with E-state index in [1.165, 1.54) is 5.57 Å². The molecule has 8 heteroatoms. The van der Waals surface area contributed by atoms with Gasteiger partial charge in [0.25, 0.3) is 0 Å². The number of aliphatic carboxylic acids is 1. The fraction of sp³-hybridized carbons (Fsp3) is 0.727. The second kappa shape index (κ2) is 13.0. The Morgan fingerprint density at radius 1 is 0.885 bits per heavy atom. The highest BCUT2D eigenvalue weighted by Gasteiger charge is 2.70. The van der Waals surface area contributed by atoms with Gasteiger partial charge in [-0.25, -0.2) is 4.79 Å². The molecule has 52 heavy (non-hydrogen) atoms. The first-order chi connectivity index (χ1) is 24.1. The lowest BCUT2D eigenvalue weighted by atomic mass is 9.33. The maximum Gasteiger partial charge on any atom is 0.315 e. The molecular weight excluding hydrogens is 652 g/mol. The van der Waals surface area contributed by atoms with Crippen molar-refractivity contribution < 1.29 is 29.0 Å². The van der Waals surface area contributed by atoms with Gasteiger partial charge in [0, 0.05) is 11.8 Å². The molecule has 0 heterocycles. The highest BCUT2D eigenvalue weighted by Crippen LogP contribution is 2.76. The first kappa shape index (κ1) is 38.6. The van der Waals surface area contributed by atoms with E-state index in [1.54, 1.807) is 13.8 Å². The lowest BCUT2D eigenvalue weighted by Crippen LogP contribution is -2.67. The number of carbonyl (C=O) groups excluding carboxylic acids is 3. The van der Waals surface area contributed by atoms with Crippen LogP contribution in [0, 0.1) is 50.7 Å². The van der Waals surface area contributed by atoms with Crippen molar-refractivity contribution in [3.63, 3.8) is 0 Å². The van der Waals surface area contributed by atoms with Crippen molar-refractivity contribution in [1.29, 1.82) is 0 Å². The second-order valence-electron chi connectivity index (χ2n) is 19.7. The largest absolute Gasteiger partial charge is 0.481 e. The number of ketones is 1. The Balaban J connectivity index is 1.27. The van der Waals surface area contributed by atoms with Gasteiger partial charge in [0.2, 0.25) is 0 Å². The van der Waals surface area contributed by atoms with E-state index in [-0.39, 0.29) is 63.9 Å². The van der Waals surface area contributed by atoms with Crippen molar-refractivity contribution in [1.82, 2.24) is 10.6 Å². The van der Waals surface area contributed by atoms with Gasteiger partial charge in [-0.2, -0.15) is 0 Å². The van der Waals surface area contributed by atoms with Crippen LogP contribution in [0.5, 0.6) is 0 Å². The Morgan fingerprint density at radius 2 is 1.56 bits per heavy atom. The molecule has 2 amide bonds. The van der Waals surface area contributed by atoms with Gasteiger partial charge < -0.3 is 20.5 Å². The molecule has 0 aromatic heterocycles. The van der Waals surface area contributed by atoms with E-state index in [0.29, 0.717) is 18.3 Å². The number of benzene rings is 1. The topological polar surface area (TPSA) is 122 Å². The molecule has 0 saturated heterocycles. The van der Waals surface area contributed by atoms with E-state index in [1.807, 2.05) is 37.3 Å². The van der Waals surface area contributed by atoms with Gasteiger partial charge in [0.05, 0.1) is 23.4 Å². The molecule has 0 bridgehead atoms. The fourth-order valence-electron chi connectivity index (χ4n) is 12.9. The predicted octanol–water partition coefficient (Wildman–Crippen LogP) is 9.19. The summed E-state index contributed by atoms with van der Waals surface area (Å²) in [5, 5.41) is 16.2. The number of carboxylic acid groups (broad SMARTS) is 1. The molecule has 4 fully saturated rings.